The lowest BCUT2D eigenvalue weighted by molar-refractivity contribution is -0.117. The Hall–Kier alpha value is -1.71. The molecule has 0 aromatic heterocycles. The van der Waals surface area contributed by atoms with Gasteiger partial charge in [0.25, 0.3) is 5.24 Å². The number of benzene rings is 2. The molecule has 0 radical (unpaired) electrons. The van der Waals surface area contributed by atoms with Gasteiger partial charge in [-0.3, -0.25) is 4.79 Å². The molecule has 1 atom stereocenters. The Labute approximate surface area is 133 Å². The molecule has 2 rings (SSSR count). The Morgan fingerprint density at radius 3 is 1.95 bits per heavy atom. The van der Waals surface area contributed by atoms with Gasteiger partial charge in [-0.25, -0.2) is 0 Å². The van der Waals surface area contributed by atoms with Crippen LogP contribution in [0.4, 0.5) is 0 Å². The van der Waals surface area contributed by atoms with Crippen LogP contribution in [0.1, 0.15) is 13.3 Å². The van der Waals surface area contributed by atoms with Crippen LogP contribution in [0.15, 0.2) is 48.5 Å². The third-order valence-electron chi connectivity index (χ3n) is 2.78. The molecule has 21 heavy (non-hydrogen) atoms. The number of hydrogen-bond acceptors (Lipinski definition) is 3. The van der Waals surface area contributed by atoms with Crippen LogP contribution in [0.25, 0.3) is 0 Å². The molecule has 5 heteroatoms. The summed E-state index contributed by atoms with van der Waals surface area (Å²) in [4.78, 5) is 11.1. The average Bonchev–Trinajstić information content (AvgIpc) is 2.48. The van der Waals surface area contributed by atoms with Crippen molar-refractivity contribution in [2.75, 3.05) is 0 Å². The quantitative estimate of drug-likeness (QED) is 0.697. The highest BCUT2D eigenvalue weighted by Crippen LogP contribution is 2.25. The topological polar surface area (TPSA) is 35.5 Å². The number of halogens is 2. The van der Waals surface area contributed by atoms with Crippen LogP contribution in [0.2, 0.25) is 5.02 Å². The van der Waals surface area contributed by atoms with Gasteiger partial charge in [-0.2, -0.15) is 0 Å². The Kier molecular flexibility index (Phi) is 5.48. The van der Waals surface area contributed by atoms with Gasteiger partial charge < -0.3 is 9.47 Å². The first kappa shape index (κ1) is 15.7. The fraction of sp³-hybridized carbons (Fsp3) is 0.188. The molecule has 0 saturated heterocycles. The summed E-state index contributed by atoms with van der Waals surface area (Å²) in [5.41, 5.74) is 0. The van der Waals surface area contributed by atoms with Crippen molar-refractivity contribution in [1.29, 1.82) is 0 Å². The molecule has 1 unspecified atom stereocenters. The van der Waals surface area contributed by atoms with E-state index in [2.05, 4.69) is 0 Å². The minimum Gasteiger partial charge on any atom is -0.481 e. The highest BCUT2D eigenvalue weighted by Gasteiger charge is 2.15. The van der Waals surface area contributed by atoms with E-state index in [1.165, 1.54) is 0 Å². The molecule has 0 aliphatic carbocycles. The van der Waals surface area contributed by atoms with Crippen molar-refractivity contribution < 1.29 is 14.3 Å². The van der Waals surface area contributed by atoms with Gasteiger partial charge >= 0.3 is 0 Å². The molecule has 2 aromatic rings. The van der Waals surface area contributed by atoms with E-state index in [1.807, 2.05) is 6.92 Å². The zero-order valence-corrected chi connectivity index (χ0v) is 12.9. The van der Waals surface area contributed by atoms with Crippen LogP contribution in [0, 0.1) is 0 Å². The maximum atomic E-state index is 11.1. The maximum Gasteiger partial charge on any atom is 0.262 e. The summed E-state index contributed by atoms with van der Waals surface area (Å²) in [7, 11) is 0. The molecule has 3 nitrogen and oxygen atoms in total. The number of carbonyl (C=O) groups excluding carboxylic acids is 1. The first-order chi connectivity index (χ1) is 10.1. The first-order valence-corrected chi connectivity index (χ1v) is 7.23. The first-order valence-electron chi connectivity index (χ1n) is 6.48. The Morgan fingerprint density at radius 1 is 1.00 bits per heavy atom. The number of ether oxygens (including phenoxy) is 2. The third kappa shape index (κ3) is 4.66. The van der Waals surface area contributed by atoms with E-state index in [0.29, 0.717) is 28.7 Å². The molecule has 0 aliphatic heterocycles. The van der Waals surface area contributed by atoms with Gasteiger partial charge in [0.05, 0.1) is 0 Å². The summed E-state index contributed by atoms with van der Waals surface area (Å²) in [6, 6.07) is 14.1. The van der Waals surface area contributed by atoms with E-state index in [-0.39, 0.29) is 0 Å². The predicted molar refractivity (Wildman–Crippen MR) is 83.5 cm³/mol. The van der Waals surface area contributed by atoms with Crippen molar-refractivity contribution in [1.82, 2.24) is 0 Å². The summed E-state index contributed by atoms with van der Waals surface area (Å²) >= 11 is 11.3. The van der Waals surface area contributed by atoms with Crippen molar-refractivity contribution in [3.63, 3.8) is 0 Å². The van der Waals surface area contributed by atoms with E-state index in [4.69, 9.17) is 32.7 Å². The van der Waals surface area contributed by atoms with E-state index in [9.17, 15) is 4.79 Å². The minimum atomic E-state index is -0.630. The molecule has 0 aliphatic rings. The summed E-state index contributed by atoms with van der Waals surface area (Å²) in [5, 5.41) is 0.154. The molecule has 0 spiro atoms. The third-order valence-corrected chi connectivity index (χ3v) is 3.27. The Balaban J connectivity index is 2.01. The van der Waals surface area contributed by atoms with Gasteiger partial charge in [0.15, 0.2) is 6.10 Å². The van der Waals surface area contributed by atoms with Gasteiger partial charge in [-0.15, -0.1) is 0 Å². The van der Waals surface area contributed by atoms with Gasteiger partial charge in [-0.1, -0.05) is 18.5 Å². The zero-order valence-electron chi connectivity index (χ0n) is 11.4. The molecule has 0 N–H and O–H groups in total. The summed E-state index contributed by atoms with van der Waals surface area (Å²) < 4.78 is 11.2. The number of hydrogen-bond donors (Lipinski definition) is 0. The second-order valence-corrected chi connectivity index (χ2v) is 5.16. The van der Waals surface area contributed by atoms with Crippen LogP contribution in [0.3, 0.4) is 0 Å². The summed E-state index contributed by atoms with van der Waals surface area (Å²) in [6.07, 6.45) is -0.111. The molecule has 0 heterocycles. The predicted octanol–water partition coefficient (Wildman–Crippen LogP) is 5.06. The number of carbonyl (C=O) groups is 1. The average molecular weight is 325 g/mol. The molecule has 0 amide bonds. The van der Waals surface area contributed by atoms with Gasteiger partial charge in [-0.05, 0) is 66.6 Å². The van der Waals surface area contributed by atoms with E-state index in [1.54, 1.807) is 48.5 Å². The normalized spacial score (nSPS) is 11.8. The summed E-state index contributed by atoms with van der Waals surface area (Å²) in [6.45, 7) is 1.84. The fourth-order valence-corrected chi connectivity index (χ4v) is 2.00. The largest absolute Gasteiger partial charge is 0.481 e. The zero-order chi connectivity index (χ0) is 15.2. The smallest absolute Gasteiger partial charge is 0.262 e. The highest BCUT2D eigenvalue weighted by molar-refractivity contribution is 6.64. The minimum absolute atomic E-state index is 0.501. The summed E-state index contributed by atoms with van der Waals surface area (Å²) in [5.74, 6) is 1.92. The van der Waals surface area contributed by atoms with Crippen LogP contribution < -0.4 is 9.47 Å². The van der Waals surface area contributed by atoms with Crippen molar-refractivity contribution in [2.45, 2.75) is 19.4 Å². The van der Waals surface area contributed by atoms with Gasteiger partial charge in [0.1, 0.15) is 17.2 Å². The Morgan fingerprint density at radius 2 is 1.48 bits per heavy atom. The Bertz CT molecular complexity index is 594. The van der Waals surface area contributed by atoms with Gasteiger partial charge in [0.2, 0.25) is 0 Å². The van der Waals surface area contributed by atoms with Crippen LogP contribution in [-0.4, -0.2) is 11.3 Å². The van der Waals surface area contributed by atoms with Crippen LogP contribution in [-0.2, 0) is 4.79 Å². The lowest BCUT2D eigenvalue weighted by atomic mass is 10.3. The van der Waals surface area contributed by atoms with Crippen LogP contribution in [0.5, 0.6) is 17.2 Å². The highest BCUT2D eigenvalue weighted by atomic mass is 35.5. The van der Waals surface area contributed by atoms with E-state index < -0.39 is 11.3 Å². The molecular weight excluding hydrogens is 311 g/mol. The maximum absolute atomic E-state index is 11.1. The van der Waals surface area contributed by atoms with Gasteiger partial charge in [0, 0.05) is 5.02 Å². The van der Waals surface area contributed by atoms with Crippen molar-refractivity contribution >= 4 is 28.4 Å². The molecular formula is C16H14Cl2O3. The molecule has 2 aromatic carbocycles. The lowest BCUT2D eigenvalue weighted by Gasteiger charge is -2.13. The van der Waals surface area contributed by atoms with E-state index >= 15 is 0 Å². The molecule has 0 fully saturated rings. The second-order valence-electron chi connectivity index (χ2n) is 4.35. The van der Waals surface area contributed by atoms with Crippen LogP contribution >= 0.6 is 23.2 Å². The molecule has 0 saturated carbocycles. The molecule has 0 bridgehead atoms. The SMILES string of the molecule is CCC(Oc1ccc(Oc2ccc(Cl)cc2)cc1)C(=O)Cl. The fourth-order valence-electron chi connectivity index (χ4n) is 1.68. The standard InChI is InChI=1S/C16H14Cl2O3/c1-2-15(16(18)19)21-14-9-7-13(8-10-14)20-12-5-3-11(17)4-6-12/h3-10,15H,2H2,1H3. The second kappa shape index (κ2) is 7.34. The van der Waals surface area contributed by atoms with Crippen molar-refractivity contribution in [2.24, 2.45) is 0 Å². The van der Waals surface area contributed by atoms with E-state index in [0.717, 1.165) is 0 Å². The number of rotatable bonds is 6. The monoisotopic (exact) mass is 324 g/mol. The van der Waals surface area contributed by atoms with Crippen molar-refractivity contribution in [3.05, 3.63) is 53.6 Å². The van der Waals surface area contributed by atoms with Crippen molar-refractivity contribution in [3.8, 4) is 17.2 Å². The molecule has 110 valence electrons. The lowest BCUT2D eigenvalue weighted by Crippen LogP contribution is -2.22.